The summed E-state index contributed by atoms with van der Waals surface area (Å²) in [6.45, 7) is 59.2. The standard InChI is InChI=1S/C13H26.C12H24O.2C12H24.2CH4/c1-11(2,3)13(12(4,5)6)9-7-8-10-13;1-10(2,3)12(11(4,5)6)7-8-13-9-12;2*1-10(2,3)12(8-7-9-12)11(4,5)6;;/h7-10H2,1-6H3;7-9H2,1-6H3;2*7-9H2,1-6H3;2*1H4. The fourth-order valence-corrected chi connectivity index (χ4v) is 12.8. The molecule has 1 aliphatic heterocycles. The first-order chi connectivity index (χ1) is 21.8. The van der Waals surface area contributed by atoms with Crippen molar-refractivity contribution in [1.29, 1.82) is 0 Å². The number of hydrogen-bond acceptors (Lipinski definition) is 1. The summed E-state index contributed by atoms with van der Waals surface area (Å²) in [4.78, 5) is 0. The van der Waals surface area contributed by atoms with Crippen LogP contribution in [0.25, 0.3) is 0 Å². The van der Waals surface area contributed by atoms with Crippen LogP contribution in [0.4, 0.5) is 0 Å². The quantitative estimate of drug-likeness (QED) is 0.241. The Kier molecular flexibility index (Phi) is 17.9. The van der Waals surface area contributed by atoms with E-state index in [1.54, 1.807) is 0 Å². The first-order valence-corrected chi connectivity index (χ1v) is 21.4. The molecule has 316 valence electrons. The summed E-state index contributed by atoms with van der Waals surface area (Å²) >= 11 is 0. The first kappa shape index (κ1) is 54.1. The summed E-state index contributed by atoms with van der Waals surface area (Å²) in [5.74, 6) is 0. The predicted molar refractivity (Wildman–Crippen MR) is 240 cm³/mol. The smallest absolute Gasteiger partial charge is 0.0533 e. The molecule has 4 aliphatic rings. The largest absolute Gasteiger partial charge is 0.381 e. The van der Waals surface area contributed by atoms with E-state index < -0.39 is 0 Å². The Labute approximate surface area is 333 Å². The number of hydrogen-bond donors (Lipinski definition) is 0. The second-order valence-corrected chi connectivity index (χ2v) is 26.0. The molecule has 1 heterocycles. The van der Waals surface area contributed by atoms with E-state index >= 15 is 0 Å². The van der Waals surface area contributed by atoms with Crippen LogP contribution in [0, 0.1) is 65.0 Å². The van der Waals surface area contributed by atoms with Gasteiger partial charge in [0.2, 0.25) is 0 Å². The highest BCUT2D eigenvalue weighted by atomic mass is 16.5. The van der Waals surface area contributed by atoms with Crippen molar-refractivity contribution in [2.24, 2.45) is 65.0 Å². The summed E-state index contributed by atoms with van der Waals surface area (Å²) in [5, 5.41) is 0. The van der Waals surface area contributed by atoms with Crippen LogP contribution in [-0.4, -0.2) is 13.2 Å². The van der Waals surface area contributed by atoms with E-state index in [1.165, 1.54) is 70.6 Å². The van der Waals surface area contributed by atoms with Crippen LogP contribution in [0.2, 0.25) is 0 Å². The Bertz CT molecular complexity index is 858. The molecule has 0 aromatic carbocycles. The molecule has 0 N–H and O–H groups in total. The summed E-state index contributed by atoms with van der Waals surface area (Å²) in [5.41, 5.74) is 5.60. The number of rotatable bonds is 0. The van der Waals surface area contributed by atoms with Gasteiger partial charge >= 0.3 is 0 Å². The molecular weight excluding hydrogens is 629 g/mol. The predicted octanol–water partition coefficient (Wildman–Crippen LogP) is 17.9. The van der Waals surface area contributed by atoms with Gasteiger partial charge in [-0.3, -0.25) is 0 Å². The molecule has 0 unspecified atom stereocenters. The highest BCUT2D eigenvalue weighted by Crippen LogP contribution is 2.64. The van der Waals surface area contributed by atoms with Crippen molar-refractivity contribution in [2.75, 3.05) is 13.2 Å². The van der Waals surface area contributed by atoms with Gasteiger partial charge in [-0.1, -0.05) is 207 Å². The van der Waals surface area contributed by atoms with Gasteiger partial charge in [0.25, 0.3) is 0 Å². The average Bonchev–Trinajstić information content (AvgIpc) is 3.45. The normalized spacial score (nSPS) is 22.6. The maximum Gasteiger partial charge on any atom is 0.0533 e. The second-order valence-electron chi connectivity index (χ2n) is 26.0. The molecule has 4 fully saturated rings. The Morgan fingerprint density at radius 2 is 0.462 bits per heavy atom. The van der Waals surface area contributed by atoms with Crippen molar-refractivity contribution < 1.29 is 4.74 Å². The van der Waals surface area contributed by atoms with Crippen LogP contribution in [0.3, 0.4) is 0 Å². The van der Waals surface area contributed by atoms with Crippen LogP contribution in [0.5, 0.6) is 0 Å². The van der Waals surface area contributed by atoms with Crippen molar-refractivity contribution in [1.82, 2.24) is 0 Å². The molecule has 52 heavy (non-hydrogen) atoms. The molecular formula is C51H106O. The van der Waals surface area contributed by atoms with Crippen LogP contribution < -0.4 is 0 Å². The van der Waals surface area contributed by atoms with Gasteiger partial charge in [0.15, 0.2) is 0 Å². The number of ether oxygens (including phenoxy) is 1. The fraction of sp³-hybridized carbons (Fsp3) is 1.00. The topological polar surface area (TPSA) is 9.23 Å². The van der Waals surface area contributed by atoms with E-state index in [0.717, 1.165) is 13.2 Å². The Morgan fingerprint density at radius 1 is 0.269 bits per heavy atom. The summed E-state index contributed by atoms with van der Waals surface area (Å²) in [6, 6.07) is 0. The first-order valence-electron chi connectivity index (χ1n) is 21.4. The van der Waals surface area contributed by atoms with Crippen LogP contribution >= 0.6 is 0 Å². The molecule has 0 aromatic heterocycles. The summed E-state index contributed by atoms with van der Waals surface area (Å²) in [7, 11) is 0. The highest BCUT2D eigenvalue weighted by Gasteiger charge is 2.55. The lowest BCUT2D eigenvalue weighted by Crippen LogP contribution is -2.51. The highest BCUT2D eigenvalue weighted by molar-refractivity contribution is 5.05. The van der Waals surface area contributed by atoms with Crippen molar-refractivity contribution in [2.45, 2.75) is 252 Å². The lowest BCUT2D eigenvalue weighted by molar-refractivity contribution is -0.100. The zero-order chi connectivity index (χ0) is 39.9. The molecule has 0 aromatic rings. The fourth-order valence-electron chi connectivity index (χ4n) is 12.8. The average molecular weight is 735 g/mol. The molecule has 1 nitrogen and oxygen atoms in total. The molecule has 3 aliphatic carbocycles. The minimum absolute atomic E-state index is 0. The zero-order valence-corrected chi connectivity index (χ0v) is 39.6. The van der Waals surface area contributed by atoms with Gasteiger partial charge in [-0.2, -0.15) is 0 Å². The van der Waals surface area contributed by atoms with Crippen LogP contribution in [0.1, 0.15) is 252 Å². The third kappa shape index (κ3) is 10.7. The minimum atomic E-state index is 0. The Hall–Kier alpha value is -0.0400. The van der Waals surface area contributed by atoms with Gasteiger partial charge in [0, 0.05) is 12.0 Å². The Morgan fingerprint density at radius 3 is 0.538 bits per heavy atom. The maximum atomic E-state index is 5.61. The van der Waals surface area contributed by atoms with E-state index in [4.69, 9.17) is 4.74 Å². The van der Waals surface area contributed by atoms with Crippen molar-refractivity contribution in [3.63, 3.8) is 0 Å². The van der Waals surface area contributed by atoms with Crippen molar-refractivity contribution in [3.8, 4) is 0 Å². The second kappa shape index (κ2) is 17.2. The van der Waals surface area contributed by atoms with E-state index in [9.17, 15) is 0 Å². The SMILES string of the molecule is C.C.CC(C)(C)C1(C(C)(C)C)CCC1.CC(C)(C)C1(C(C)(C)C)CCC1.CC(C)(C)C1(C(C)(C)C)CCCC1.CC(C)(C)C1(C(C)(C)C)CCOC1. The van der Waals surface area contributed by atoms with E-state index in [1.807, 2.05) is 0 Å². The minimum Gasteiger partial charge on any atom is -0.381 e. The van der Waals surface area contributed by atoms with Gasteiger partial charge in [-0.05, 0) is 105 Å². The van der Waals surface area contributed by atoms with E-state index in [-0.39, 0.29) is 14.9 Å². The molecule has 0 bridgehead atoms. The summed E-state index contributed by atoms with van der Waals surface area (Å²) < 4.78 is 5.61. The molecule has 1 heteroatoms. The van der Waals surface area contributed by atoms with Gasteiger partial charge < -0.3 is 4.74 Å². The summed E-state index contributed by atoms with van der Waals surface area (Å²) in [6.07, 6.45) is 15.5. The third-order valence-corrected chi connectivity index (χ3v) is 16.4. The zero-order valence-electron chi connectivity index (χ0n) is 39.6. The van der Waals surface area contributed by atoms with Gasteiger partial charge in [-0.25, -0.2) is 0 Å². The molecule has 1 saturated heterocycles. The van der Waals surface area contributed by atoms with Gasteiger partial charge in [0.05, 0.1) is 6.61 Å². The van der Waals surface area contributed by atoms with Crippen molar-refractivity contribution in [3.05, 3.63) is 0 Å². The lowest BCUT2D eigenvalue weighted by Gasteiger charge is -2.60. The third-order valence-electron chi connectivity index (χ3n) is 16.4. The van der Waals surface area contributed by atoms with Crippen molar-refractivity contribution >= 4 is 0 Å². The van der Waals surface area contributed by atoms with E-state index in [2.05, 4.69) is 166 Å². The molecule has 0 amide bonds. The molecule has 0 spiro atoms. The maximum absolute atomic E-state index is 5.61. The van der Waals surface area contributed by atoms with Gasteiger partial charge in [0.1, 0.15) is 0 Å². The Balaban J connectivity index is 0. The van der Waals surface area contributed by atoms with E-state index in [0.29, 0.717) is 65.0 Å². The molecule has 3 saturated carbocycles. The van der Waals surface area contributed by atoms with Crippen LogP contribution in [0.15, 0.2) is 0 Å². The van der Waals surface area contributed by atoms with Crippen LogP contribution in [-0.2, 0) is 4.74 Å². The molecule has 0 radical (unpaired) electrons. The monoisotopic (exact) mass is 735 g/mol. The molecule has 0 atom stereocenters. The molecule has 4 rings (SSSR count). The van der Waals surface area contributed by atoms with Gasteiger partial charge in [-0.15, -0.1) is 0 Å². The lowest BCUT2D eigenvalue weighted by atomic mass is 9.45.